The fraction of sp³-hybridized carbons (Fsp3) is 0.385. The minimum Gasteiger partial charge on any atom is -0.370 e. The molecule has 1 aromatic carbocycles. The average Bonchev–Trinajstić information content (AvgIpc) is 3.54. The van der Waals surface area contributed by atoms with Gasteiger partial charge in [-0.15, -0.1) is 0 Å². The third kappa shape index (κ3) is 4.07. The Balaban J connectivity index is 1.41. The fourth-order valence-electron chi connectivity index (χ4n) is 4.82. The van der Waals surface area contributed by atoms with Gasteiger partial charge in [0.05, 0.1) is 30.1 Å². The number of halogens is 2. The molecule has 4 aromatic rings. The fourth-order valence-corrected chi connectivity index (χ4v) is 4.98. The van der Waals surface area contributed by atoms with E-state index in [9.17, 15) is 4.39 Å². The van der Waals surface area contributed by atoms with Gasteiger partial charge in [0, 0.05) is 39.3 Å². The summed E-state index contributed by atoms with van der Waals surface area (Å²) in [6.45, 7) is 4.00. The molecule has 2 fully saturated rings. The standard InChI is InChI=1S/C26H25ClFN5O/c1-14-3-7-21-24(20-8-4-18(27)11-22(20)28)31-25(32-26(21)30-14)16-9-15(2)34-23(10-16)17-12-29-33(13-17)19-5-6-19/h3-4,7-8,11-13,15-16,19,23H,5-6,9-10H2,1-2H3/t15-,16+,23+/m1/s1. The first kappa shape index (κ1) is 21.6. The molecule has 0 spiro atoms. The van der Waals surface area contributed by atoms with Crippen LogP contribution >= 0.6 is 11.6 Å². The quantitative estimate of drug-likeness (QED) is 0.342. The molecule has 174 valence electrons. The maximum atomic E-state index is 14.9. The highest BCUT2D eigenvalue weighted by Crippen LogP contribution is 2.41. The Morgan fingerprint density at radius 3 is 2.74 bits per heavy atom. The number of hydrogen-bond donors (Lipinski definition) is 0. The molecule has 6 rings (SSSR count). The molecule has 0 bridgehead atoms. The maximum absolute atomic E-state index is 14.9. The summed E-state index contributed by atoms with van der Waals surface area (Å²) in [5, 5.41) is 5.61. The zero-order chi connectivity index (χ0) is 23.4. The zero-order valence-electron chi connectivity index (χ0n) is 19.1. The monoisotopic (exact) mass is 477 g/mol. The van der Waals surface area contributed by atoms with E-state index in [1.807, 2.05) is 29.9 Å². The number of benzene rings is 1. The molecular weight excluding hydrogens is 453 g/mol. The Hall–Kier alpha value is -2.90. The van der Waals surface area contributed by atoms with Crippen LogP contribution in [0.25, 0.3) is 22.3 Å². The van der Waals surface area contributed by atoms with Gasteiger partial charge in [-0.1, -0.05) is 11.6 Å². The van der Waals surface area contributed by atoms with E-state index in [1.165, 1.54) is 18.9 Å². The third-order valence-electron chi connectivity index (χ3n) is 6.69. The van der Waals surface area contributed by atoms with E-state index in [-0.39, 0.29) is 18.1 Å². The summed E-state index contributed by atoms with van der Waals surface area (Å²) in [4.78, 5) is 14.4. The van der Waals surface area contributed by atoms with Crippen LogP contribution in [0.1, 0.15) is 67.8 Å². The first-order chi connectivity index (χ1) is 16.4. The van der Waals surface area contributed by atoms with Gasteiger partial charge in [-0.25, -0.2) is 19.3 Å². The molecule has 0 radical (unpaired) electrons. The number of hydrogen-bond acceptors (Lipinski definition) is 5. The molecule has 3 atom stereocenters. The lowest BCUT2D eigenvalue weighted by molar-refractivity contribution is -0.0511. The van der Waals surface area contributed by atoms with Gasteiger partial charge in [0.25, 0.3) is 0 Å². The molecule has 1 saturated carbocycles. The van der Waals surface area contributed by atoms with Crippen molar-refractivity contribution in [3.63, 3.8) is 0 Å². The summed E-state index contributed by atoms with van der Waals surface area (Å²) in [7, 11) is 0. The molecule has 4 heterocycles. The van der Waals surface area contributed by atoms with E-state index < -0.39 is 5.82 Å². The lowest BCUT2D eigenvalue weighted by Crippen LogP contribution is -2.26. The van der Waals surface area contributed by atoms with E-state index in [1.54, 1.807) is 12.1 Å². The number of rotatable bonds is 4. The minimum atomic E-state index is -0.412. The largest absolute Gasteiger partial charge is 0.370 e. The van der Waals surface area contributed by atoms with Gasteiger partial charge >= 0.3 is 0 Å². The van der Waals surface area contributed by atoms with E-state index in [0.717, 1.165) is 29.5 Å². The van der Waals surface area contributed by atoms with Crippen LogP contribution in [-0.2, 0) is 4.74 Å². The van der Waals surface area contributed by atoms with Gasteiger partial charge in [0.1, 0.15) is 11.6 Å². The Kier molecular flexibility index (Phi) is 5.34. The molecule has 2 aliphatic rings. The second kappa shape index (κ2) is 8.40. The van der Waals surface area contributed by atoms with Crippen LogP contribution < -0.4 is 0 Å². The molecule has 3 aromatic heterocycles. The number of pyridine rings is 1. The van der Waals surface area contributed by atoms with Crippen LogP contribution in [0.5, 0.6) is 0 Å². The first-order valence-electron chi connectivity index (χ1n) is 11.7. The van der Waals surface area contributed by atoms with Crippen LogP contribution in [-0.4, -0.2) is 30.8 Å². The van der Waals surface area contributed by atoms with Gasteiger partial charge in [-0.05, 0) is 69.9 Å². The summed E-state index contributed by atoms with van der Waals surface area (Å²) in [6.07, 6.45) is 7.88. The Morgan fingerprint density at radius 1 is 1.09 bits per heavy atom. The van der Waals surface area contributed by atoms with Crippen molar-refractivity contribution in [2.75, 3.05) is 0 Å². The van der Waals surface area contributed by atoms with Gasteiger partial charge in [0.15, 0.2) is 5.65 Å². The Bertz CT molecular complexity index is 1390. The normalized spacial score (nSPS) is 22.9. The number of nitrogens with zero attached hydrogens (tertiary/aromatic N) is 5. The van der Waals surface area contributed by atoms with Crippen molar-refractivity contribution in [2.45, 2.75) is 63.7 Å². The zero-order valence-corrected chi connectivity index (χ0v) is 19.8. The maximum Gasteiger partial charge on any atom is 0.163 e. The molecule has 34 heavy (non-hydrogen) atoms. The van der Waals surface area contributed by atoms with Gasteiger partial charge < -0.3 is 4.74 Å². The number of aryl methyl sites for hydroxylation is 1. The van der Waals surface area contributed by atoms with E-state index in [0.29, 0.717) is 33.8 Å². The number of fused-ring (bicyclic) bond motifs is 1. The molecule has 1 aliphatic carbocycles. The first-order valence-corrected chi connectivity index (χ1v) is 12.1. The molecule has 0 N–H and O–H groups in total. The predicted molar refractivity (Wildman–Crippen MR) is 128 cm³/mol. The van der Waals surface area contributed by atoms with Crippen LogP contribution in [0.4, 0.5) is 4.39 Å². The van der Waals surface area contributed by atoms with E-state index in [2.05, 4.69) is 23.2 Å². The van der Waals surface area contributed by atoms with Crippen LogP contribution in [0.2, 0.25) is 5.02 Å². The van der Waals surface area contributed by atoms with Crippen molar-refractivity contribution in [3.05, 3.63) is 70.6 Å². The van der Waals surface area contributed by atoms with E-state index in [4.69, 9.17) is 26.3 Å². The smallest absolute Gasteiger partial charge is 0.163 e. The Morgan fingerprint density at radius 2 is 1.94 bits per heavy atom. The summed E-state index contributed by atoms with van der Waals surface area (Å²) >= 11 is 6.01. The van der Waals surface area contributed by atoms with Crippen LogP contribution in [0, 0.1) is 12.7 Å². The molecule has 1 aliphatic heterocycles. The van der Waals surface area contributed by atoms with Crippen LogP contribution in [0.3, 0.4) is 0 Å². The number of aromatic nitrogens is 5. The SMILES string of the molecule is Cc1ccc2c(-c3ccc(Cl)cc3F)nc([C@H]3C[C@@H](C)O[C@H](c4cnn(C5CC5)c4)C3)nc2n1. The van der Waals surface area contributed by atoms with Crippen molar-refractivity contribution in [2.24, 2.45) is 0 Å². The van der Waals surface area contributed by atoms with Gasteiger partial charge in [0.2, 0.25) is 0 Å². The second-order valence-corrected chi connectivity index (χ2v) is 9.90. The summed E-state index contributed by atoms with van der Waals surface area (Å²) < 4.78 is 23.3. The average molecular weight is 478 g/mol. The van der Waals surface area contributed by atoms with Gasteiger partial charge in [-0.2, -0.15) is 5.10 Å². The predicted octanol–water partition coefficient (Wildman–Crippen LogP) is 6.35. The highest BCUT2D eigenvalue weighted by molar-refractivity contribution is 6.30. The van der Waals surface area contributed by atoms with Crippen molar-refractivity contribution < 1.29 is 9.13 Å². The van der Waals surface area contributed by atoms with Crippen LogP contribution in [0.15, 0.2) is 42.7 Å². The Labute approximate surface area is 202 Å². The van der Waals surface area contributed by atoms with Crippen molar-refractivity contribution >= 4 is 22.6 Å². The number of ether oxygens (including phenoxy) is 1. The molecule has 6 nitrogen and oxygen atoms in total. The third-order valence-corrected chi connectivity index (χ3v) is 6.93. The second-order valence-electron chi connectivity index (χ2n) is 9.47. The van der Waals surface area contributed by atoms with Crippen molar-refractivity contribution in [1.82, 2.24) is 24.7 Å². The summed E-state index contributed by atoms with van der Waals surface area (Å²) in [5.74, 6) is 0.313. The summed E-state index contributed by atoms with van der Waals surface area (Å²) in [6, 6.07) is 9.00. The van der Waals surface area contributed by atoms with Gasteiger partial charge in [-0.3, -0.25) is 4.68 Å². The lowest BCUT2D eigenvalue weighted by atomic mass is 9.89. The lowest BCUT2D eigenvalue weighted by Gasteiger charge is -2.33. The van der Waals surface area contributed by atoms with E-state index >= 15 is 0 Å². The molecular formula is C26H25ClFN5O. The molecule has 8 heteroatoms. The summed E-state index contributed by atoms with van der Waals surface area (Å²) in [5.41, 5.74) is 3.45. The molecule has 0 amide bonds. The highest BCUT2D eigenvalue weighted by Gasteiger charge is 2.33. The molecule has 0 unspecified atom stereocenters. The highest BCUT2D eigenvalue weighted by atomic mass is 35.5. The topological polar surface area (TPSA) is 65.7 Å². The minimum absolute atomic E-state index is 0.0357. The van der Waals surface area contributed by atoms with Crippen molar-refractivity contribution in [1.29, 1.82) is 0 Å². The van der Waals surface area contributed by atoms with Crippen molar-refractivity contribution in [3.8, 4) is 11.3 Å². The molecule has 1 saturated heterocycles.